The summed E-state index contributed by atoms with van der Waals surface area (Å²) in [4.78, 5) is 26.1. The number of aromatic nitrogens is 2. The summed E-state index contributed by atoms with van der Waals surface area (Å²) in [5.41, 5.74) is -0.775. The molecule has 1 N–H and O–H groups in total. The third-order valence-electron chi connectivity index (χ3n) is 2.82. The monoisotopic (exact) mass is 414 g/mol. The molecule has 1 aromatic rings. The summed E-state index contributed by atoms with van der Waals surface area (Å²) in [5.74, 6) is 0. The highest BCUT2D eigenvalue weighted by atomic mass is 127. The number of hydrogen-bond donors (Lipinski definition) is 1. The molecule has 1 saturated heterocycles. The first-order chi connectivity index (χ1) is 8.04. The zero-order valence-corrected chi connectivity index (χ0v) is 12.9. The van der Waals surface area contributed by atoms with Crippen LogP contribution < -0.4 is 11.2 Å². The van der Waals surface area contributed by atoms with Gasteiger partial charge >= 0.3 is 5.69 Å². The first-order valence-corrected chi connectivity index (χ1v) is 7.37. The largest absolute Gasteiger partial charge is 0.353 e. The summed E-state index contributed by atoms with van der Waals surface area (Å²) in [6.45, 7) is 2.03. The minimum atomic E-state index is -0.462. The van der Waals surface area contributed by atoms with E-state index in [1.165, 1.54) is 6.20 Å². The van der Waals surface area contributed by atoms with Crippen LogP contribution in [0.4, 0.5) is 0 Å². The van der Waals surface area contributed by atoms with Crippen LogP contribution in [-0.4, -0.2) is 19.6 Å². The molecule has 94 valence electrons. The van der Waals surface area contributed by atoms with Crippen molar-refractivity contribution in [3.05, 3.63) is 31.5 Å². The molecule has 17 heavy (non-hydrogen) atoms. The van der Waals surface area contributed by atoms with E-state index in [2.05, 4.69) is 43.5 Å². The lowest BCUT2D eigenvalue weighted by Gasteiger charge is -2.14. The van der Waals surface area contributed by atoms with Gasteiger partial charge in [-0.05, 0) is 22.4 Å². The smallest absolute Gasteiger partial charge is 0.330 e. The number of H-pyrrole nitrogens is 1. The van der Waals surface area contributed by atoms with E-state index in [4.69, 9.17) is 4.74 Å². The summed E-state index contributed by atoms with van der Waals surface area (Å²) in [6.07, 6.45) is 2.56. The van der Waals surface area contributed by atoms with Gasteiger partial charge in [0.15, 0.2) is 0 Å². The predicted octanol–water partition coefficient (Wildman–Crippen LogP) is 1.80. The molecule has 0 bridgehead atoms. The topological polar surface area (TPSA) is 64.1 Å². The Labute approximate surface area is 120 Å². The van der Waals surface area contributed by atoms with E-state index in [1.807, 2.05) is 6.92 Å². The molecule has 0 radical (unpaired) electrons. The number of halogens is 2. The summed E-state index contributed by atoms with van der Waals surface area (Å²) in [7, 11) is 0. The van der Waals surface area contributed by atoms with Crippen LogP contribution in [0.15, 0.2) is 20.3 Å². The van der Waals surface area contributed by atoms with E-state index >= 15 is 0 Å². The third kappa shape index (κ3) is 2.50. The van der Waals surface area contributed by atoms with E-state index in [0.29, 0.717) is 14.8 Å². The van der Waals surface area contributed by atoms with Gasteiger partial charge in [-0.25, -0.2) is 9.36 Å². The second kappa shape index (κ2) is 5.23. The highest BCUT2D eigenvalue weighted by Gasteiger charge is 2.34. The van der Waals surface area contributed by atoms with Crippen molar-refractivity contribution in [3.63, 3.8) is 0 Å². The van der Waals surface area contributed by atoms with Gasteiger partial charge < -0.3 is 9.72 Å². The predicted molar refractivity (Wildman–Crippen MR) is 75.6 cm³/mol. The van der Waals surface area contributed by atoms with Crippen LogP contribution in [0.2, 0.25) is 0 Å². The van der Waals surface area contributed by atoms with Crippen LogP contribution in [0.25, 0.3) is 0 Å². The van der Waals surface area contributed by atoms with Crippen molar-refractivity contribution in [3.8, 4) is 0 Å². The van der Waals surface area contributed by atoms with Gasteiger partial charge in [0.1, 0.15) is 6.23 Å². The van der Waals surface area contributed by atoms with Crippen LogP contribution in [0, 0.1) is 0 Å². The molecule has 0 aliphatic carbocycles. The van der Waals surface area contributed by atoms with Crippen LogP contribution >= 0.6 is 38.5 Å². The summed E-state index contributed by atoms with van der Waals surface area (Å²) >= 11 is 5.42. The van der Waals surface area contributed by atoms with Crippen LogP contribution in [0.1, 0.15) is 26.0 Å². The maximum Gasteiger partial charge on any atom is 0.330 e. The fourth-order valence-corrected chi connectivity index (χ4v) is 3.35. The minimum Gasteiger partial charge on any atom is -0.353 e. The second-order valence-corrected chi connectivity index (χ2v) is 6.36. The molecule has 1 aliphatic heterocycles. The number of rotatable bonds is 2. The average Bonchev–Trinajstić information content (AvgIpc) is 2.65. The molecule has 0 amide bonds. The molecule has 0 unspecified atom stereocenters. The van der Waals surface area contributed by atoms with Crippen LogP contribution in [0.5, 0.6) is 0 Å². The van der Waals surface area contributed by atoms with Gasteiger partial charge in [0.25, 0.3) is 5.56 Å². The Morgan fingerprint density at radius 3 is 2.94 bits per heavy atom. The number of nitrogens with zero attached hydrogens (tertiary/aromatic N) is 1. The van der Waals surface area contributed by atoms with Crippen molar-refractivity contribution in [1.29, 1.82) is 0 Å². The van der Waals surface area contributed by atoms with E-state index in [0.717, 1.165) is 11.0 Å². The summed E-state index contributed by atoms with van der Waals surface area (Å²) < 4.78 is 7.55. The molecule has 0 aromatic carbocycles. The Balaban J connectivity index is 2.40. The highest BCUT2D eigenvalue weighted by Crippen LogP contribution is 2.33. The molecular weight excluding hydrogens is 403 g/mol. The second-order valence-electron chi connectivity index (χ2n) is 3.91. The normalized spacial score (nSPS) is 28.5. The number of hydrogen-bond acceptors (Lipinski definition) is 3. The van der Waals surface area contributed by atoms with E-state index < -0.39 is 11.9 Å². The molecule has 3 atom stereocenters. The van der Waals surface area contributed by atoms with Gasteiger partial charge in [-0.15, -0.1) is 0 Å². The number of alkyl halides is 1. The van der Waals surface area contributed by atoms with Gasteiger partial charge in [-0.2, -0.15) is 0 Å². The molecule has 7 heteroatoms. The molecule has 5 nitrogen and oxygen atoms in total. The Bertz CT molecular complexity index is 527. The number of ether oxygens (including phenoxy) is 1. The standard InChI is InChI=1S/C10H12BrIN2O3/c1-2-7-6(12)3-8(17-7)14-9(15)5(11)4-13-10(14)16/h4,6-8H,2-3H2,1H3,(H,13,16)/t6-,7-,8-/m1/s1. The maximum absolute atomic E-state index is 11.9. The van der Waals surface area contributed by atoms with E-state index in [1.54, 1.807) is 0 Å². The average molecular weight is 415 g/mol. The number of nitrogens with one attached hydrogen (secondary N) is 1. The van der Waals surface area contributed by atoms with E-state index in [-0.39, 0.29) is 11.7 Å². The van der Waals surface area contributed by atoms with E-state index in [9.17, 15) is 9.59 Å². The summed E-state index contributed by atoms with van der Waals surface area (Å²) in [5, 5.41) is 0. The molecular formula is C10H12BrIN2O3. The first-order valence-electron chi connectivity index (χ1n) is 5.33. The molecule has 0 saturated carbocycles. The van der Waals surface area contributed by atoms with Crippen molar-refractivity contribution < 1.29 is 4.74 Å². The quantitative estimate of drug-likeness (QED) is 0.592. The fourth-order valence-electron chi connectivity index (χ4n) is 1.93. The maximum atomic E-state index is 11.9. The SMILES string of the molecule is CC[C@H]1O[C@@H](n2c(=O)[nH]cc(Br)c2=O)C[C@H]1I. The zero-order valence-electron chi connectivity index (χ0n) is 9.15. The summed E-state index contributed by atoms with van der Waals surface area (Å²) in [6, 6.07) is 0. The molecule has 0 spiro atoms. The van der Waals surface area contributed by atoms with Crippen molar-refractivity contribution in [2.45, 2.75) is 36.0 Å². The lowest BCUT2D eigenvalue weighted by molar-refractivity contribution is -0.00276. The Morgan fingerprint density at radius 1 is 1.65 bits per heavy atom. The first kappa shape index (κ1) is 13.3. The molecule has 2 rings (SSSR count). The van der Waals surface area contributed by atoms with Gasteiger partial charge in [-0.3, -0.25) is 4.79 Å². The third-order valence-corrected chi connectivity index (χ3v) is 4.70. The van der Waals surface area contributed by atoms with Gasteiger partial charge in [-0.1, -0.05) is 29.5 Å². The van der Waals surface area contributed by atoms with Crippen molar-refractivity contribution in [2.24, 2.45) is 0 Å². The zero-order chi connectivity index (χ0) is 12.6. The molecule has 1 aliphatic rings. The number of aromatic amines is 1. The van der Waals surface area contributed by atoms with Crippen LogP contribution in [0.3, 0.4) is 0 Å². The Hall–Kier alpha value is -0.150. The molecule has 1 aromatic heterocycles. The van der Waals surface area contributed by atoms with Crippen LogP contribution in [-0.2, 0) is 4.74 Å². The van der Waals surface area contributed by atoms with Gasteiger partial charge in [0, 0.05) is 16.5 Å². The highest BCUT2D eigenvalue weighted by molar-refractivity contribution is 14.1. The molecule has 2 heterocycles. The fraction of sp³-hybridized carbons (Fsp3) is 0.600. The Morgan fingerprint density at radius 2 is 2.35 bits per heavy atom. The lowest BCUT2D eigenvalue weighted by Crippen LogP contribution is -2.38. The lowest BCUT2D eigenvalue weighted by atomic mass is 10.2. The van der Waals surface area contributed by atoms with Crippen molar-refractivity contribution in [2.75, 3.05) is 0 Å². The molecule has 1 fully saturated rings. The van der Waals surface area contributed by atoms with Crippen molar-refractivity contribution in [1.82, 2.24) is 9.55 Å². The van der Waals surface area contributed by atoms with Gasteiger partial charge in [0.2, 0.25) is 0 Å². The van der Waals surface area contributed by atoms with Crippen molar-refractivity contribution >= 4 is 38.5 Å². The van der Waals surface area contributed by atoms with Gasteiger partial charge in [0.05, 0.1) is 10.6 Å². The minimum absolute atomic E-state index is 0.103. The Kier molecular flexibility index (Phi) is 4.09.